The number of hydrogen-bond donors (Lipinski definition) is 2. The molecule has 0 aromatic rings. The van der Waals surface area contributed by atoms with E-state index in [4.69, 9.17) is 19.3 Å². The first-order valence-electron chi connectivity index (χ1n) is 9.27. The molecule has 0 fully saturated rings. The Kier molecular flexibility index (Phi) is 15.6. The van der Waals surface area contributed by atoms with Crippen molar-refractivity contribution in [3.05, 3.63) is 0 Å². The molecule has 9 heteroatoms. The standard InChI is InChI=1S/C21H25O8P/c1-3-5-7-9-10-12-13-15-20(22)27-17-19(18-28-30(24,25)26)29-21(23)16-14-11-8-6-4-2/h19H,4,6,8,11,14,16-18H2,1-2H3,(H2,24,25,26)/t19-/m0/s1. The van der Waals surface area contributed by atoms with Crippen LogP contribution in [-0.4, -0.2) is 41.0 Å². The van der Waals surface area contributed by atoms with Crippen LogP contribution in [0.5, 0.6) is 0 Å². The average molecular weight is 436 g/mol. The highest BCUT2D eigenvalue weighted by molar-refractivity contribution is 7.46. The van der Waals surface area contributed by atoms with Gasteiger partial charge in [-0.3, -0.25) is 9.32 Å². The summed E-state index contributed by atoms with van der Waals surface area (Å²) in [5, 5.41) is 0. The third kappa shape index (κ3) is 18.6. The molecule has 0 amide bonds. The largest absolute Gasteiger partial charge is 0.469 e. The topological polar surface area (TPSA) is 119 Å². The second-order valence-electron chi connectivity index (χ2n) is 5.79. The molecule has 162 valence electrons. The molecular weight excluding hydrogens is 411 g/mol. The van der Waals surface area contributed by atoms with Crippen LogP contribution in [0.3, 0.4) is 0 Å². The molecule has 2 N–H and O–H groups in total. The Bertz CT molecular complexity index is 842. The lowest BCUT2D eigenvalue weighted by molar-refractivity contribution is -0.158. The van der Waals surface area contributed by atoms with Gasteiger partial charge in [-0.25, -0.2) is 9.36 Å². The van der Waals surface area contributed by atoms with E-state index in [1.807, 2.05) is 0 Å². The van der Waals surface area contributed by atoms with Crippen molar-refractivity contribution in [1.82, 2.24) is 0 Å². The van der Waals surface area contributed by atoms with Crippen molar-refractivity contribution in [2.24, 2.45) is 0 Å². The van der Waals surface area contributed by atoms with Gasteiger partial charge in [0.15, 0.2) is 6.10 Å². The Morgan fingerprint density at radius 3 is 2.20 bits per heavy atom. The highest BCUT2D eigenvalue weighted by Gasteiger charge is 2.22. The van der Waals surface area contributed by atoms with Gasteiger partial charge in [0.2, 0.25) is 0 Å². The fraction of sp³-hybridized carbons (Fsp3) is 0.524. The minimum atomic E-state index is -4.78. The number of unbranched alkanes of at least 4 members (excludes halogenated alkanes) is 4. The van der Waals surface area contributed by atoms with Crippen LogP contribution in [0, 0.1) is 47.4 Å². The van der Waals surface area contributed by atoms with Crippen LogP contribution < -0.4 is 0 Å². The van der Waals surface area contributed by atoms with E-state index in [2.05, 4.69) is 58.8 Å². The molecule has 0 saturated heterocycles. The summed E-state index contributed by atoms with van der Waals surface area (Å²) in [6, 6.07) is 0. The number of phosphoric ester groups is 1. The summed E-state index contributed by atoms with van der Waals surface area (Å²) in [5.41, 5.74) is 0. The zero-order chi connectivity index (χ0) is 22.7. The van der Waals surface area contributed by atoms with Crippen LogP contribution in [0.25, 0.3) is 0 Å². The summed E-state index contributed by atoms with van der Waals surface area (Å²) in [5.74, 6) is 17.3. The van der Waals surface area contributed by atoms with Crippen molar-refractivity contribution in [2.45, 2.75) is 58.5 Å². The van der Waals surface area contributed by atoms with Crippen LogP contribution in [0.1, 0.15) is 52.4 Å². The zero-order valence-electron chi connectivity index (χ0n) is 17.0. The summed E-state index contributed by atoms with van der Waals surface area (Å²) < 4.78 is 25.1. The van der Waals surface area contributed by atoms with Gasteiger partial charge in [-0.2, -0.15) is 0 Å². The zero-order valence-corrected chi connectivity index (χ0v) is 17.9. The first kappa shape index (κ1) is 27.3. The first-order valence-corrected chi connectivity index (χ1v) is 10.8. The normalized spacial score (nSPS) is 10.4. The minimum Gasteiger partial charge on any atom is -0.456 e. The van der Waals surface area contributed by atoms with E-state index in [9.17, 15) is 14.2 Å². The van der Waals surface area contributed by atoms with Crippen molar-refractivity contribution >= 4 is 19.8 Å². The second kappa shape index (κ2) is 17.2. The number of ether oxygens (including phenoxy) is 2. The highest BCUT2D eigenvalue weighted by atomic mass is 31.2. The van der Waals surface area contributed by atoms with Crippen LogP contribution in [0.2, 0.25) is 0 Å². The van der Waals surface area contributed by atoms with Crippen LogP contribution in [-0.2, 0) is 28.2 Å². The Morgan fingerprint density at radius 1 is 0.933 bits per heavy atom. The first-order chi connectivity index (χ1) is 14.3. The molecule has 1 atom stereocenters. The molecule has 0 aliphatic heterocycles. The maximum Gasteiger partial charge on any atom is 0.469 e. The van der Waals surface area contributed by atoms with Gasteiger partial charge in [-0.1, -0.05) is 38.5 Å². The molecular formula is C21H25O8P. The van der Waals surface area contributed by atoms with Crippen molar-refractivity contribution < 1.29 is 37.9 Å². The number of rotatable bonds is 12. The maximum absolute atomic E-state index is 11.9. The van der Waals surface area contributed by atoms with Gasteiger partial charge in [0.1, 0.15) is 6.61 Å². The Labute approximate surface area is 177 Å². The van der Waals surface area contributed by atoms with E-state index < -0.39 is 39.1 Å². The van der Waals surface area contributed by atoms with E-state index >= 15 is 0 Å². The third-order valence-electron chi connectivity index (χ3n) is 3.21. The molecule has 0 unspecified atom stereocenters. The molecule has 0 aromatic heterocycles. The lowest BCUT2D eigenvalue weighted by Gasteiger charge is -2.17. The molecule has 0 aliphatic rings. The number of hydrogen-bond acceptors (Lipinski definition) is 6. The van der Waals surface area contributed by atoms with E-state index in [-0.39, 0.29) is 6.42 Å². The summed E-state index contributed by atoms with van der Waals surface area (Å²) in [7, 11) is -4.78. The van der Waals surface area contributed by atoms with Gasteiger partial charge in [0.05, 0.1) is 6.61 Å². The number of carbonyl (C=O) groups is 2. The van der Waals surface area contributed by atoms with E-state index in [1.165, 1.54) is 0 Å². The van der Waals surface area contributed by atoms with E-state index in [1.54, 1.807) is 6.92 Å². The smallest absolute Gasteiger partial charge is 0.456 e. The molecule has 0 aliphatic carbocycles. The molecule has 0 bridgehead atoms. The molecule has 0 rings (SSSR count). The van der Waals surface area contributed by atoms with Crippen LogP contribution in [0.15, 0.2) is 0 Å². The number of esters is 2. The van der Waals surface area contributed by atoms with Crippen molar-refractivity contribution in [3.8, 4) is 47.4 Å². The van der Waals surface area contributed by atoms with Gasteiger partial charge in [-0.15, -0.1) is 0 Å². The average Bonchev–Trinajstić information content (AvgIpc) is 2.68. The molecule has 0 radical (unpaired) electrons. The number of carbonyl (C=O) groups excluding carboxylic acids is 2. The molecule has 0 spiro atoms. The lowest BCUT2D eigenvalue weighted by Crippen LogP contribution is -2.29. The van der Waals surface area contributed by atoms with Crippen molar-refractivity contribution in [2.75, 3.05) is 13.2 Å². The van der Waals surface area contributed by atoms with E-state index in [0.717, 1.165) is 25.7 Å². The second-order valence-corrected chi connectivity index (χ2v) is 7.03. The Balaban J connectivity index is 4.61. The maximum atomic E-state index is 11.9. The Hall–Kier alpha value is -2.71. The van der Waals surface area contributed by atoms with Gasteiger partial charge in [0.25, 0.3) is 0 Å². The van der Waals surface area contributed by atoms with E-state index in [0.29, 0.717) is 6.42 Å². The third-order valence-corrected chi connectivity index (χ3v) is 3.70. The predicted octanol–water partition coefficient (Wildman–Crippen LogP) is 1.94. The molecule has 30 heavy (non-hydrogen) atoms. The van der Waals surface area contributed by atoms with Crippen LogP contribution >= 0.6 is 7.82 Å². The van der Waals surface area contributed by atoms with Gasteiger partial charge < -0.3 is 19.3 Å². The fourth-order valence-electron chi connectivity index (χ4n) is 1.89. The quantitative estimate of drug-likeness (QED) is 0.157. The van der Waals surface area contributed by atoms with Crippen molar-refractivity contribution in [3.63, 3.8) is 0 Å². The summed E-state index contributed by atoms with van der Waals surface area (Å²) in [4.78, 5) is 41.1. The number of phosphoric acid groups is 1. The highest BCUT2D eigenvalue weighted by Crippen LogP contribution is 2.35. The minimum absolute atomic E-state index is 0.142. The lowest BCUT2D eigenvalue weighted by atomic mass is 10.1. The van der Waals surface area contributed by atoms with Gasteiger partial charge in [0, 0.05) is 12.3 Å². The SMILES string of the molecule is CC#CC#CC#CC#CC(=O)OC[C@@H](COP(=O)(O)O)OC(=O)CCCCCCC. The monoisotopic (exact) mass is 436 g/mol. The Morgan fingerprint density at radius 2 is 1.57 bits per heavy atom. The molecule has 0 saturated carbocycles. The molecule has 0 heterocycles. The fourth-order valence-corrected chi connectivity index (χ4v) is 2.25. The molecule has 0 aromatic carbocycles. The van der Waals surface area contributed by atoms with Crippen LogP contribution in [0.4, 0.5) is 0 Å². The summed E-state index contributed by atoms with van der Waals surface area (Å²) in [6.45, 7) is 2.59. The summed E-state index contributed by atoms with van der Waals surface area (Å²) >= 11 is 0. The molecule has 8 nitrogen and oxygen atoms in total. The summed E-state index contributed by atoms with van der Waals surface area (Å²) in [6.07, 6.45) is 3.61. The predicted molar refractivity (Wildman–Crippen MR) is 109 cm³/mol. The van der Waals surface area contributed by atoms with Crippen molar-refractivity contribution in [1.29, 1.82) is 0 Å². The van der Waals surface area contributed by atoms with Gasteiger partial charge >= 0.3 is 19.8 Å². The van der Waals surface area contributed by atoms with Gasteiger partial charge in [-0.05, 0) is 48.9 Å².